The van der Waals surface area contributed by atoms with Gasteiger partial charge in [0.1, 0.15) is 11.5 Å². The lowest BCUT2D eigenvalue weighted by atomic mass is 9.90. The minimum Gasteiger partial charge on any atom is -0.467 e. The van der Waals surface area contributed by atoms with Crippen molar-refractivity contribution in [2.45, 2.75) is 39.2 Å². The molecule has 0 aliphatic carbocycles. The molecule has 0 aliphatic rings. The minimum atomic E-state index is -0.819. The Morgan fingerprint density at radius 2 is 2.15 bits per heavy atom. The van der Waals surface area contributed by atoms with Crippen molar-refractivity contribution in [3.8, 4) is 0 Å². The van der Waals surface area contributed by atoms with Gasteiger partial charge in [0, 0.05) is 5.38 Å². The highest BCUT2D eigenvalue weighted by Gasteiger charge is 2.34. The van der Waals surface area contributed by atoms with Crippen LogP contribution in [0, 0.1) is 0 Å². The van der Waals surface area contributed by atoms with Crippen LogP contribution in [0.2, 0.25) is 0 Å². The molecule has 1 unspecified atom stereocenters. The fourth-order valence-electron chi connectivity index (χ4n) is 1.46. The summed E-state index contributed by atoms with van der Waals surface area (Å²) in [4.78, 5) is 27.6. The molecule has 0 aliphatic heterocycles. The third kappa shape index (κ3) is 3.69. The topological polar surface area (TPSA) is 77.5 Å². The van der Waals surface area contributed by atoms with Crippen molar-refractivity contribution in [3.05, 3.63) is 11.1 Å². The van der Waals surface area contributed by atoms with E-state index in [-0.39, 0.29) is 11.9 Å². The van der Waals surface area contributed by atoms with Gasteiger partial charge in [-0.3, -0.25) is 4.79 Å². The molecule has 112 valence electrons. The summed E-state index contributed by atoms with van der Waals surface area (Å²) in [6, 6.07) is -0.496. The van der Waals surface area contributed by atoms with E-state index in [0.717, 1.165) is 0 Å². The number of ether oxygens (including phenoxy) is 2. The molecule has 1 N–H and O–H groups in total. The van der Waals surface area contributed by atoms with Gasteiger partial charge in [0.05, 0.1) is 19.4 Å². The first kappa shape index (κ1) is 16.4. The maximum atomic E-state index is 11.9. The molecule has 0 bridgehead atoms. The normalized spacial score (nSPS) is 12.7. The number of hydrogen-bond donors (Lipinski definition) is 1. The highest BCUT2D eigenvalue weighted by Crippen LogP contribution is 2.28. The van der Waals surface area contributed by atoms with Gasteiger partial charge in [-0.25, -0.2) is 9.78 Å². The molecule has 1 aromatic heterocycles. The Hall–Kier alpha value is -1.63. The quantitative estimate of drug-likeness (QED) is 0.809. The van der Waals surface area contributed by atoms with Gasteiger partial charge in [0.15, 0.2) is 5.13 Å². The van der Waals surface area contributed by atoms with E-state index in [4.69, 9.17) is 4.74 Å². The molecule has 7 heteroatoms. The minimum absolute atomic E-state index is 0.321. The van der Waals surface area contributed by atoms with Crippen LogP contribution in [0.1, 0.15) is 33.4 Å². The second-order valence-corrected chi connectivity index (χ2v) is 5.63. The van der Waals surface area contributed by atoms with Crippen molar-refractivity contribution in [2.75, 3.05) is 19.0 Å². The summed E-state index contributed by atoms with van der Waals surface area (Å²) in [7, 11) is 1.33. The van der Waals surface area contributed by atoms with E-state index in [1.54, 1.807) is 33.1 Å². The summed E-state index contributed by atoms with van der Waals surface area (Å²) in [5.74, 6) is -0.690. The van der Waals surface area contributed by atoms with Crippen LogP contribution >= 0.6 is 11.3 Å². The molecule has 6 nitrogen and oxygen atoms in total. The largest absolute Gasteiger partial charge is 0.467 e. The van der Waals surface area contributed by atoms with Crippen LogP contribution in [0.15, 0.2) is 5.38 Å². The lowest BCUT2D eigenvalue weighted by Gasteiger charge is -2.19. The van der Waals surface area contributed by atoms with Crippen molar-refractivity contribution in [3.63, 3.8) is 0 Å². The average molecular weight is 300 g/mol. The standard InChI is InChI=1S/C13H20N2O4S/c1-6-19-11(17)13(3,4)9-7-20-12(15-9)14-8(2)10(16)18-5/h7-8H,6H2,1-5H3,(H,14,15). The van der Waals surface area contributed by atoms with Crippen molar-refractivity contribution in [1.82, 2.24) is 4.98 Å². The Morgan fingerprint density at radius 3 is 2.70 bits per heavy atom. The smallest absolute Gasteiger partial charge is 0.328 e. The molecule has 1 rings (SSSR count). The van der Waals surface area contributed by atoms with Gasteiger partial charge < -0.3 is 14.8 Å². The zero-order valence-corrected chi connectivity index (χ0v) is 13.2. The number of thiazole rings is 1. The summed E-state index contributed by atoms with van der Waals surface area (Å²) in [6.07, 6.45) is 0. The van der Waals surface area contributed by atoms with Crippen molar-refractivity contribution in [2.24, 2.45) is 0 Å². The van der Waals surface area contributed by atoms with Crippen LogP contribution < -0.4 is 5.32 Å². The number of nitrogens with zero attached hydrogens (tertiary/aromatic N) is 1. The summed E-state index contributed by atoms with van der Waals surface area (Å²) >= 11 is 1.33. The molecule has 20 heavy (non-hydrogen) atoms. The first-order chi connectivity index (χ1) is 9.32. The number of rotatable bonds is 6. The third-order valence-electron chi connectivity index (χ3n) is 2.82. The molecule has 1 aromatic rings. The van der Waals surface area contributed by atoms with Crippen LogP contribution in [-0.4, -0.2) is 36.7 Å². The van der Waals surface area contributed by atoms with E-state index in [1.165, 1.54) is 18.4 Å². The van der Waals surface area contributed by atoms with E-state index in [0.29, 0.717) is 17.4 Å². The molecule has 0 fully saturated rings. The Morgan fingerprint density at radius 1 is 1.50 bits per heavy atom. The van der Waals surface area contributed by atoms with Gasteiger partial charge in [0.25, 0.3) is 0 Å². The third-order valence-corrected chi connectivity index (χ3v) is 3.60. The molecule has 0 amide bonds. The number of carbonyl (C=O) groups is 2. The highest BCUT2D eigenvalue weighted by molar-refractivity contribution is 7.13. The Bertz CT molecular complexity index is 484. The number of aromatic nitrogens is 1. The van der Waals surface area contributed by atoms with Gasteiger partial charge in [-0.2, -0.15) is 0 Å². The Labute approximate surface area is 122 Å². The fraction of sp³-hybridized carbons (Fsp3) is 0.615. The predicted octanol–water partition coefficient (Wildman–Crippen LogP) is 1.96. The number of anilines is 1. The van der Waals surface area contributed by atoms with Gasteiger partial charge in [-0.1, -0.05) is 0 Å². The second kappa shape index (κ2) is 6.69. The van der Waals surface area contributed by atoms with E-state index >= 15 is 0 Å². The van der Waals surface area contributed by atoms with Crippen LogP contribution in [-0.2, 0) is 24.5 Å². The highest BCUT2D eigenvalue weighted by atomic mass is 32.1. The lowest BCUT2D eigenvalue weighted by Crippen LogP contribution is -2.31. The van der Waals surface area contributed by atoms with Crippen LogP contribution in [0.25, 0.3) is 0 Å². The maximum Gasteiger partial charge on any atom is 0.328 e. The predicted molar refractivity (Wildman–Crippen MR) is 76.9 cm³/mol. The SMILES string of the molecule is CCOC(=O)C(C)(C)c1csc(NC(C)C(=O)OC)n1. The first-order valence-electron chi connectivity index (χ1n) is 6.30. The fourth-order valence-corrected chi connectivity index (χ4v) is 2.43. The van der Waals surface area contributed by atoms with Gasteiger partial charge in [-0.15, -0.1) is 11.3 Å². The number of esters is 2. The van der Waals surface area contributed by atoms with Gasteiger partial charge in [-0.05, 0) is 27.7 Å². The molecular formula is C13H20N2O4S. The van der Waals surface area contributed by atoms with E-state index in [9.17, 15) is 9.59 Å². The zero-order valence-electron chi connectivity index (χ0n) is 12.4. The molecule has 1 heterocycles. The molecule has 0 radical (unpaired) electrons. The molecular weight excluding hydrogens is 280 g/mol. The summed E-state index contributed by atoms with van der Waals surface area (Å²) < 4.78 is 9.67. The van der Waals surface area contributed by atoms with Crippen molar-refractivity contribution in [1.29, 1.82) is 0 Å². The molecule has 0 saturated heterocycles. The van der Waals surface area contributed by atoms with E-state index < -0.39 is 11.5 Å². The Kier molecular flexibility index (Phi) is 5.50. The van der Waals surface area contributed by atoms with Gasteiger partial charge >= 0.3 is 11.9 Å². The molecule has 0 saturated carbocycles. The molecule has 0 spiro atoms. The first-order valence-corrected chi connectivity index (χ1v) is 7.18. The van der Waals surface area contributed by atoms with Crippen LogP contribution in [0.3, 0.4) is 0 Å². The number of hydrogen-bond acceptors (Lipinski definition) is 7. The van der Waals surface area contributed by atoms with Crippen molar-refractivity contribution < 1.29 is 19.1 Å². The van der Waals surface area contributed by atoms with Crippen LogP contribution in [0.4, 0.5) is 5.13 Å². The van der Waals surface area contributed by atoms with Crippen LogP contribution in [0.5, 0.6) is 0 Å². The maximum absolute atomic E-state index is 11.9. The summed E-state index contributed by atoms with van der Waals surface area (Å²) in [6.45, 7) is 7.29. The number of nitrogens with one attached hydrogen (secondary N) is 1. The summed E-state index contributed by atoms with van der Waals surface area (Å²) in [5.41, 5.74) is -0.207. The van der Waals surface area contributed by atoms with E-state index in [1.807, 2.05) is 0 Å². The van der Waals surface area contributed by atoms with Crippen molar-refractivity contribution >= 4 is 28.4 Å². The lowest BCUT2D eigenvalue weighted by molar-refractivity contribution is -0.149. The average Bonchev–Trinajstić information content (AvgIpc) is 2.87. The van der Waals surface area contributed by atoms with Gasteiger partial charge in [0.2, 0.25) is 0 Å². The second-order valence-electron chi connectivity index (χ2n) is 4.77. The summed E-state index contributed by atoms with van der Waals surface area (Å²) in [5, 5.41) is 5.28. The van der Waals surface area contributed by atoms with E-state index in [2.05, 4.69) is 15.0 Å². The number of methoxy groups -OCH3 is 1. The zero-order chi connectivity index (χ0) is 15.3. The molecule has 0 aromatic carbocycles. The number of carbonyl (C=O) groups excluding carboxylic acids is 2. The monoisotopic (exact) mass is 300 g/mol. The Balaban J connectivity index is 2.81. The molecule has 1 atom stereocenters.